The van der Waals surface area contributed by atoms with Crippen molar-refractivity contribution in [2.24, 2.45) is 11.1 Å². The fourth-order valence-electron chi connectivity index (χ4n) is 3.63. The first kappa shape index (κ1) is 19.4. The third-order valence-corrected chi connectivity index (χ3v) is 5.33. The van der Waals surface area contributed by atoms with Crippen molar-refractivity contribution >= 4 is 5.97 Å². The highest BCUT2D eigenvalue weighted by Gasteiger charge is 2.41. The SMILES string of the molecule is CCCCCC(O)C1(Cc2cccc(C(=O)O)c2C)C=CC=CC1N. The highest BCUT2D eigenvalue weighted by atomic mass is 16.4. The minimum Gasteiger partial charge on any atom is -0.478 e. The molecule has 0 aromatic heterocycles. The zero-order valence-corrected chi connectivity index (χ0v) is 15.1. The summed E-state index contributed by atoms with van der Waals surface area (Å²) >= 11 is 0. The van der Waals surface area contributed by atoms with Crippen molar-refractivity contribution in [2.75, 3.05) is 0 Å². The van der Waals surface area contributed by atoms with Gasteiger partial charge in [-0.2, -0.15) is 0 Å². The Kier molecular flexibility index (Phi) is 6.57. The van der Waals surface area contributed by atoms with Crippen molar-refractivity contribution < 1.29 is 15.0 Å². The summed E-state index contributed by atoms with van der Waals surface area (Å²) in [7, 11) is 0. The third kappa shape index (κ3) is 4.20. The minimum absolute atomic E-state index is 0.303. The minimum atomic E-state index is -0.930. The molecule has 0 saturated carbocycles. The zero-order chi connectivity index (χ0) is 18.4. The number of aromatic carboxylic acids is 1. The molecule has 0 spiro atoms. The van der Waals surface area contributed by atoms with Crippen LogP contribution in [0.1, 0.15) is 54.1 Å². The molecule has 0 radical (unpaired) electrons. The average molecular weight is 343 g/mol. The summed E-state index contributed by atoms with van der Waals surface area (Å²) in [6, 6.07) is 5.00. The molecule has 3 unspecified atom stereocenters. The van der Waals surface area contributed by atoms with E-state index in [1.165, 1.54) is 0 Å². The molecule has 1 aromatic rings. The number of nitrogens with two attached hydrogens (primary N) is 1. The molecule has 136 valence electrons. The van der Waals surface area contributed by atoms with Crippen LogP contribution in [0.2, 0.25) is 0 Å². The number of rotatable bonds is 8. The van der Waals surface area contributed by atoms with Gasteiger partial charge in [-0.25, -0.2) is 4.79 Å². The van der Waals surface area contributed by atoms with Gasteiger partial charge >= 0.3 is 5.97 Å². The summed E-state index contributed by atoms with van der Waals surface area (Å²) in [6.45, 7) is 3.96. The molecular weight excluding hydrogens is 314 g/mol. The average Bonchev–Trinajstić information content (AvgIpc) is 2.58. The lowest BCUT2D eigenvalue weighted by atomic mass is 9.67. The first-order valence-electron chi connectivity index (χ1n) is 9.04. The lowest BCUT2D eigenvalue weighted by Gasteiger charge is -2.41. The van der Waals surface area contributed by atoms with Crippen molar-refractivity contribution in [3.63, 3.8) is 0 Å². The van der Waals surface area contributed by atoms with E-state index in [0.29, 0.717) is 18.4 Å². The largest absolute Gasteiger partial charge is 0.478 e. The number of carboxylic acid groups (broad SMARTS) is 1. The summed E-state index contributed by atoms with van der Waals surface area (Å²) in [5, 5.41) is 20.3. The normalized spacial score (nSPS) is 23.6. The Morgan fingerprint density at radius 2 is 2.08 bits per heavy atom. The van der Waals surface area contributed by atoms with Crippen molar-refractivity contribution in [1.29, 1.82) is 0 Å². The van der Waals surface area contributed by atoms with Crippen LogP contribution in [0.5, 0.6) is 0 Å². The summed E-state index contributed by atoms with van der Waals surface area (Å²) in [4.78, 5) is 11.4. The van der Waals surface area contributed by atoms with Crippen molar-refractivity contribution in [1.82, 2.24) is 0 Å². The number of aliphatic hydroxyl groups is 1. The topological polar surface area (TPSA) is 83.5 Å². The number of hydrogen-bond donors (Lipinski definition) is 3. The van der Waals surface area contributed by atoms with E-state index in [4.69, 9.17) is 5.73 Å². The van der Waals surface area contributed by atoms with Crippen molar-refractivity contribution in [2.45, 2.75) is 58.1 Å². The van der Waals surface area contributed by atoms with Crippen LogP contribution in [-0.4, -0.2) is 28.3 Å². The summed E-state index contributed by atoms with van der Waals surface area (Å²) < 4.78 is 0. The van der Waals surface area contributed by atoms with Gasteiger partial charge in [0.05, 0.1) is 11.7 Å². The predicted octanol–water partition coefficient (Wildman–Crippen LogP) is 3.62. The van der Waals surface area contributed by atoms with Gasteiger partial charge in [-0.15, -0.1) is 0 Å². The highest BCUT2D eigenvalue weighted by Crippen LogP contribution is 2.38. The van der Waals surface area contributed by atoms with Crippen LogP contribution in [0.15, 0.2) is 42.5 Å². The number of carbonyl (C=O) groups is 1. The van der Waals surface area contributed by atoms with Gasteiger partial charge in [-0.1, -0.05) is 62.6 Å². The quantitative estimate of drug-likeness (QED) is 0.630. The molecule has 2 rings (SSSR count). The monoisotopic (exact) mass is 343 g/mol. The molecule has 4 N–H and O–H groups in total. The number of carboxylic acids is 1. The predicted molar refractivity (Wildman–Crippen MR) is 101 cm³/mol. The maximum atomic E-state index is 11.4. The van der Waals surface area contributed by atoms with Gasteiger partial charge in [0.25, 0.3) is 0 Å². The molecule has 1 aliphatic rings. The number of hydrogen-bond acceptors (Lipinski definition) is 3. The third-order valence-electron chi connectivity index (χ3n) is 5.33. The number of benzene rings is 1. The number of unbranched alkanes of at least 4 members (excludes halogenated alkanes) is 2. The summed E-state index contributed by atoms with van der Waals surface area (Å²) in [6.07, 6.45) is 11.5. The van der Waals surface area contributed by atoms with Gasteiger partial charge < -0.3 is 15.9 Å². The Labute approximate surface area is 150 Å². The van der Waals surface area contributed by atoms with Crippen LogP contribution in [0.4, 0.5) is 0 Å². The molecule has 0 aliphatic heterocycles. The van der Waals surface area contributed by atoms with E-state index in [2.05, 4.69) is 6.92 Å². The highest BCUT2D eigenvalue weighted by molar-refractivity contribution is 5.89. The van der Waals surface area contributed by atoms with Gasteiger partial charge in [0.1, 0.15) is 0 Å². The maximum Gasteiger partial charge on any atom is 0.335 e. The molecule has 0 bridgehead atoms. The van der Waals surface area contributed by atoms with E-state index in [1.54, 1.807) is 12.1 Å². The molecular formula is C21H29NO3. The van der Waals surface area contributed by atoms with Crippen molar-refractivity contribution in [3.8, 4) is 0 Å². The second-order valence-corrected chi connectivity index (χ2v) is 6.97. The number of allylic oxidation sites excluding steroid dienone is 2. The Bertz CT molecular complexity index is 665. The van der Waals surface area contributed by atoms with Gasteiger partial charge in [0.15, 0.2) is 0 Å². The first-order valence-corrected chi connectivity index (χ1v) is 9.04. The van der Waals surface area contributed by atoms with Crippen LogP contribution in [0.3, 0.4) is 0 Å². The zero-order valence-electron chi connectivity index (χ0n) is 15.1. The van der Waals surface area contributed by atoms with E-state index < -0.39 is 17.5 Å². The lowest BCUT2D eigenvalue weighted by molar-refractivity contribution is 0.0395. The second kappa shape index (κ2) is 8.45. The smallest absolute Gasteiger partial charge is 0.335 e. The molecule has 4 heteroatoms. The lowest BCUT2D eigenvalue weighted by Crippen LogP contribution is -2.50. The van der Waals surface area contributed by atoms with Crippen LogP contribution < -0.4 is 5.73 Å². The molecule has 4 nitrogen and oxygen atoms in total. The molecule has 0 saturated heterocycles. The van der Waals surface area contributed by atoms with E-state index in [9.17, 15) is 15.0 Å². The Morgan fingerprint density at radius 3 is 2.72 bits per heavy atom. The van der Waals surface area contributed by atoms with Crippen LogP contribution in [-0.2, 0) is 6.42 Å². The molecule has 0 heterocycles. The van der Waals surface area contributed by atoms with Gasteiger partial charge in [0.2, 0.25) is 0 Å². The molecule has 1 aromatic carbocycles. The van der Waals surface area contributed by atoms with E-state index >= 15 is 0 Å². The summed E-state index contributed by atoms with van der Waals surface area (Å²) in [5.41, 5.74) is 7.76. The molecule has 0 amide bonds. The second-order valence-electron chi connectivity index (χ2n) is 6.97. The summed E-state index contributed by atoms with van der Waals surface area (Å²) in [5.74, 6) is -0.930. The fraction of sp³-hybridized carbons (Fsp3) is 0.476. The van der Waals surface area contributed by atoms with Gasteiger partial charge in [-0.3, -0.25) is 0 Å². The first-order chi connectivity index (χ1) is 11.9. The van der Waals surface area contributed by atoms with Crippen LogP contribution >= 0.6 is 0 Å². The van der Waals surface area contributed by atoms with Gasteiger partial charge in [0, 0.05) is 11.5 Å². The van der Waals surface area contributed by atoms with E-state index in [-0.39, 0.29) is 6.04 Å². The van der Waals surface area contributed by atoms with E-state index in [1.807, 2.05) is 37.3 Å². The van der Waals surface area contributed by atoms with Crippen LogP contribution in [0, 0.1) is 12.3 Å². The maximum absolute atomic E-state index is 11.4. The van der Waals surface area contributed by atoms with Crippen LogP contribution in [0.25, 0.3) is 0 Å². The Hall–Kier alpha value is -1.91. The molecule has 3 atom stereocenters. The molecule has 1 aliphatic carbocycles. The van der Waals surface area contributed by atoms with E-state index in [0.717, 1.165) is 30.4 Å². The molecule has 0 fully saturated rings. The van der Waals surface area contributed by atoms with Gasteiger partial charge in [-0.05, 0) is 37.0 Å². The Morgan fingerprint density at radius 1 is 1.32 bits per heavy atom. The molecule has 25 heavy (non-hydrogen) atoms. The standard InChI is InChI=1S/C21H29NO3/c1-3-4-5-12-19(23)21(13-7-6-11-18(21)22)14-16-9-8-10-17(15(16)2)20(24)25/h6-11,13,18-19,23H,3-5,12,14,22H2,1-2H3,(H,24,25). The fourth-order valence-corrected chi connectivity index (χ4v) is 3.63. The number of aliphatic hydroxyl groups excluding tert-OH is 1. The Balaban J connectivity index is 2.35. The van der Waals surface area contributed by atoms with Crippen molar-refractivity contribution in [3.05, 3.63) is 59.2 Å².